The molecule has 0 aliphatic rings. The second-order valence-corrected chi connectivity index (χ2v) is 2.93. The number of aromatic nitrogens is 4. The first-order valence-electron chi connectivity index (χ1n) is 4.37. The van der Waals surface area contributed by atoms with E-state index in [1.54, 1.807) is 4.57 Å². The zero-order valence-corrected chi connectivity index (χ0v) is 8.11. The number of rotatable bonds is 4. The zero-order valence-electron chi connectivity index (χ0n) is 8.11. The van der Waals surface area contributed by atoms with E-state index < -0.39 is 5.09 Å². The van der Waals surface area contributed by atoms with Crippen molar-refractivity contribution < 1.29 is 9.92 Å². The van der Waals surface area contributed by atoms with Crippen LogP contribution in [-0.4, -0.2) is 31.2 Å². The molecule has 0 unspecified atom stereocenters. The summed E-state index contributed by atoms with van der Waals surface area (Å²) in [6.45, 7) is 0.205. The largest absolute Gasteiger partial charge is 0.382 e. The van der Waals surface area contributed by atoms with Crippen molar-refractivity contribution in [3.8, 4) is 0 Å². The van der Waals surface area contributed by atoms with E-state index >= 15 is 0 Å². The lowest BCUT2D eigenvalue weighted by molar-refractivity contribution is -0.758. The van der Waals surface area contributed by atoms with Crippen molar-refractivity contribution in [2.45, 2.75) is 6.54 Å². The summed E-state index contributed by atoms with van der Waals surface area (Å²) in [5.41, 5.74) is 6.58. The minimum Gasteiger partial charge on any atom is -0.382 e. The summed E-state index contributed by atoms with van der Waals surface area (Å²) in [6.07, 6.45) is 2.79. The van der Waals surface area contributed by atoms with Gasteiger partial charge in [-0.3, -0.25) is 0 Å². The van der Waals surface area contributed by atoms with Gasteiger partial charge in [0.05, 0.1) is 6.33 Å². The molecule has 16 heavy (non-hydrogen) atoms. The van der Waals surface area contributed by atoms with Gasteiger partial charge in [-0.05, 0) is 0 Å². The van der Waals surface area contributed by atoms with E-state index in [0.717, 1.165) is 0 Å². The van der Waals surface area contributed by atoms with Gasteiger partial charge in [0.25, 0.3) is 5.09 Å². The Hall–Kier alpha value is -2.45. The number of nitrogens with zero attached hydrogens (tertiary/aromatic N) is 5. The average Bonchev–Trinajstić information content (AvgIpc) is 2.63. The van der Waals surface area contributed by atoms with Crippen LogP contribution in [0, 0.1) is 10.1 Å². The zero-order chi connectivity index (χ0) is 11.5. The summed E-state index contributed by atoms with van der Waals surface area (Å²) in [5.74, 6) is 0.277. The molecule has 0 amide bonds. The SMILES string of the molecule is Nc1ncnc2c1ncn2CCO[N+](=O)[O-]. The predicted molar refractivity (Wildman–Crippen MR) is 52.7 cm³/mol. The van der Waals surface area contributed by atoms with Gasteiger partial charge in [0.1, 0.15) is 18.5 Å². The molecule has 0 fully saturated rings. The highest BCUT2D eigenvalue weighted by molar-refractivity contribution is 5.80. The van der Waals surface area contributed by atoms with Gasteiger partial charge in [0, 0.05) is 6.54 Å². The van der Waals surface area contributed by atoms with Crippen LogP contribution in [0.1, 0.15) is 0 Å². The lowest BCUT2D eigenvalue weighted by Gasteiger charge is -2.01. The Kier molecular flexibility index (Phi) is 2.50. The Morgan fingerprint density at radius 3 is 3.06 bits per heavy atom. The maximum atomic E-state index is 9.96. The standard InChI is InChI=1S/C7H8N6O3/c8-6-5-7(10-3-9-6)12(4-11-5)1-2-16-13(14)15/h3-4H,1-2H2,(H2,8,9,10). The molecule has 2 aromatic heterocycles. The molecule has 0 radical (unpaired) electrons. The molecule has 0 aliphatic carbocycles. The van der Waals surface area contributed by atoms with E-state index in [9.17, 15) is 10.1 Å². The van der Waals surface area contributed by atoms with E-state index in [1.807, 2.05) is 0 Å². The monoisotopic (exact) mass is 224 g/mol. The van der Waals surface area contributed by atoms with Crippen molar-refractivity contribution in [3.05, 3.63) is 22.8 Å². The van der Waals surface area contributed by atoms with Gasteiger partial charge in [-0.15, -0.1) is 10.1 Å². The second kappa shape index (κ2) is 3.96. The van der Waals surface area contributed by atoms with Crippen molar-refractivity contribution >= 4 is 17.0 Å². The van der Waals surface area contributed by atoms with Crippen LogP contribution in [0.2, 0.25) is 0 Å². The molecule has 2 heterocycles. The third kappa shape index (κ3) is 1.82. The quantitative estimate of drug-likeness (QED) is 0.554. The van der Waals surface area contributed by atoms with Gasteiger partial charge in [-0.1, -0.05) is 0 Å². The fourth-order valence-corrected chi connectivity index (χ4v) is 1.28. The molecule has 2 rings (SSSR count). The highest BCUT2D eigenvalue weighted by Gasteiger charge is 2.07. The lowest BCUT2D eigenvalue weighted by atomic mass is 10.5. The molecule has 2 aromatic rings. The number of hydrogen-bond acceptors (Lipinski definition) is 7. The predicted octanol–water partition coefficient (Wildman–Crippen LogP) is -0.383. The molecular formula is C7H8N6O3. The molecule has 84 valence electrons. The highest BCUT2D eigenvalue weighted by atomic mass is 16.9. The van der Waals surface area contributed by atoms with E-state index in [4.69, 9.17) is 5.73 Å². The molecule has 0 saturated heterocycles. The lowest BCUT2D eigenvalue weighted by Crippen LogP contribution is -2.09. The van der Waals surface area contributed by atoms with E-state index in [-0.39, 0.29) is 19.0 Å². The molecule has 0 aliphatic heterocycles. The average molecular weight is 224 g/mol. The summed E-state index contributed by atoms with van der Waals surface area (Å²) in [6, 6.07) is 0. The van der Waals surface area contributed by atoms with Gasteiger partial charge in [0.15, 0.2) is 11.5 Å². The fraction of sp³-hybridized carbons (Fsp3) is 0.286. The Morgan fingerprint density at radius 1 is 1.50 bits per heavy atom. The summed E-state index contributed by atoms with van der Waals surface area (Å²) in [4.78, 5) is 25.9. The molecule has 0 saturated carbocycles. The first kappa shape index (κ1) is 10.1. The normalized spacial score (nSPS) is 10.5. The molecule has 0 aromatic carbocycles. The van der Waals surface area contributed by atoms with Crippen LogP contribution in [0.4, 0.5) is 5.82 Å². The van der Waals surface area contributed by atoms with Crippen LogP contribution in [-0.2, 0) is 11.4 Å². The van der Waals surface area contributed by atoms with Crippen LogP contribution in [0.3, 0.4) is 0 Å². The van der Waals surface area contributed by atoms with E-state index in [2.05, 4.69) is 19.8 Å². The highest BCUT2D eigenvalue weighted by Crippen LogP contribution is 2.13. The van der Waals surface area contributed by atoms with Crippen molar-refractivity contribution in [1.29, 1.82) is 0 Å². The Labute approximate surface area is 89.0 Å². The van der Waals surface area contributed by atoms with Crippen LogP contribution < -0.4 is 5.73 Å². The first-order valence-corrected chi connectivity index (χ1v) is 4.37. The topological polar surface area (TPSA) is 122 Å². The fourth-order valence-electron chi connectivity index (χ4n) is 1.28. The molecule has 2 N–H and O–H groups in total. The van der Waals surface area contributed by atoms with Gasteiger partial charge in [-0.2, -0.15) is 0 Å². The Morgan fingerprint density at radius 2 is 2.31 bits per heavy atom. The van der Waals surface area contributed by atoms with Crippen molar-refractivity contribution in [1.82, 2.24) is 19.5 Å². The van der Waals surface area contributed by atoms with Gasteiger partial charge in [-0.25, -0.2) is 15.0 Å². The van der Waals surface area contributed by atoms with Crippen molar-refractivity contribution in [2.75, 3.05) is 12.3 Å². The second-order valence-electron chi connectivity index (χ2n) is 2.93. The Balaban J connectivity index is 2.19. The van der Waals surface area contributed by atoms with Crippen molar-refractivity contribution in [3.63, 3.8) is 0 Å². The van der Waals surface area contributed by atoms with Crippen LogP contribution in [0.25, 0.3) is 11.2 Å². The Bertz CT molecular complexity index is 524. The van der Waals surface area contributed by atoms with Gasteiger partial charge >= 0.3 is 0 Å². The van der Waals surface area contributed by atoms with Crippen molar-refractivity contribution in [2.24, 2.45) is 0 Å². The maximum absolute atomic E-state index is 9.96. The number of nitrogens with two attached hydrogens (primary N) is 1. The van der Waals surface area contributed by atoms with Gasteiger partial charge in [0.2, 0.25) is 0 Å². The van der Waals surface area contributed by atoms with Crippen LogP contribution in [0.15, 0.2) is 12.7 Å². The third-order valence-electron chi connectivity index (χ3n) is 1.96. The molecular weight excluding hydrogens is 216 g/mol. The van der Waals surface area contributed by atoms with Crippen LogP contribution in [0.5, 0.6) is 0 Å². The molecule has 0 atom stereocenters. The summed E-state index contributed by atoms with van der Waals surface area (Å²) < 4.78 is 1.61. The van der Waals surface area contributed by atoms with E-state index in [1.165, 1.54) is 12.7 Å². The molecule has 0 spiro atoms. The molecule has 9 heteroatoms. The van der Waals surface area contributed by atoms with Gasteiger partial charge < -0.3 is 15.1 Å². The molecule has 9 nitrogen and oxygen atoms in total. The number of imidazole rings is 1. The summed E-state index contributed by atoms with van der Waals surface area (Å²) in [7, 11) is 0. The smallest absolute Gasteiger partial charge is 0.294 e. The number of hydrogen-bond donors (Lipinski definition) is 1. The third-order valence-corrected chi connectivity index (χ3v) is 1.96. The summed E-state index contributed by atoms with van der Waals surface area (Å²) >= 11 is 0. The minimum absolute atomic E-state index is 0.0671. The number of anilines is 1. The maximum Gasteiger partial charge on any atom is 0.294 e. The van der Waals surface area contributed by atoms with Crippen LogP contribution >= 0.6 is 0 Å². The van der Waals surface area contributed by atoms with E-state index in [0.29, 0.717) is 11.2 Å². The minimum atomic E-state index is -0.845. The molecule has 0 bridgehead atoms. The first-order chi connectivity index (χ1) is 7.68. The summed E-state index contributed by atoms with van der Waals surface area (Å²) in [5, 5.41) is 9.11. The number of fused-ring (bicyclic) bond motifs is 1. The number of nitrogen functional groups attached to an aromatic ring is 1.